The quantitative estimate of drug-likeness (QED) is 0.137. The molecule has 5 heterocycles. The van der Waals surface area contributed by atoms with Crippen molar-refractivity contribution in [2.45, 2.75) is 31.4 Å². The smallest absolute Gasteiger partial charge is 0.332 e. The number of hydrogen-bond acceptors (Lipinski definition) is 2. The normalized spacial score (nSPS) is 20.8. The molecule has 0 saturated carbocycles. The molecule has 4 heteroatoms. The predicted molar refractivity (Wildman–Crippen MR) is 182 cm³/mol. The van der Waals surface area contributed by atoms with Crippen molar-refractivity contribution in [3.05, 3.63) is 143 Å². The number of rotatable bonds is 0. The van der Waals surface area contributed by atoms with Crippen LogP contribution >= 0.6 is 0 Å². The molecule has 0 N–H and O–H groups in total. The van der Waals surface area contributed by atoms with Crippen LogP contribution in [0.5, 0.6) is 0 Å². The third kappa shape index (κ3) is 2.37. The van der Waals surface area contributed by atoms with Crippen LogP contribution < -0.4 is 15.8 Å². The van der Waals surface area contributed by atoms with E-state index >= 15 is 0 Å². The highest BCUT2D eigenvalue weighted by Crippen LogP contribution is 2.59. The zero-order valence-corrected chi connectivity index (χ0v) is 24.8. The maximum absolute atomic E-state index is 6.74. The summed E-state index contributed by atoms with van der Waals surface area (Å²) in [6.07, 6.45) is 3.97. The summed E-state index contributed by atoms with van der Waals surface area (Å²) >= 11 is 0. The summed E-state index contributed by atoms with van der Waals surface area (Å²) < 4.78 is 9.49. The Morgan fingerprint density at radius 1 is 0.800 bits per heavy atom. The summed E-state index contributed by atoms with van der Waals surface area (Å²) in [4.78, 5) is 2.62. The summed E-state index contributed by atoms with van der Waals surface area (Å²) in [5, 5.41) is 3.95. The molecule has 0 fully saturated rings. The Morgan fingerprint density at radius 3 is 2.56 bits per heavy atom. The van der Waals surface area contributed by atoms with Crippen molar-refractivity contribution in [1.82, 2.24) is 4.48 Å². The van der Waals surface area contributed by atoms with Crippen LogP contribution in [-0.2, 0) is 10.2 Å². The van der Waals surface area contributed by atoms with Crippen LogP contribution in [0.1, 0.15) is 36.8 Å². The largest absolute Gasteiger partial charge is 0.482 e. The first-order valence-electron chi connectivity index (χ1n) is 16.0. The lowest BCUT2D eigenvalue weighted by Gasteiger charge is -2.42. The van der Waals surface area contributed by atoms with E-state index in [9.17, 15) is 0 Å². The fourth-order valence-electron chi connectivity index (χ4n) is 9.93. The zero-order valence-electron chi connectivity index (χ0n) is 24.8. The van der Waals surface area contributed by atoms with E-state index in [1.165, 1.54) is 88.6 Å². The fraction of sp³-hybridized carbons (Fsp3) is 0.122. The molecule has 6 aliphatic rings. The lowest BCUT2D eigenvalue weighted by molar-refractivity contribution is 0.151. The van der Waals surface area contributed by atoms with Crippen LogP contribution in [0.4, 0.5) is 11.4 Å². The minimum atomic E-state index is -0.142. The van der Waals surface area contributed by atoms with Crippen molar-refractivity contribution in [3.8, 4) is 22.3 Å². The van der Waals surface area contributed by atoms with Crippen LogP contribution in [0.15, 0.2) is 126 Å². The van der Waals surface area contributed by atoms with E-state index in [-0.39, 0.29) is 24.4 Å². The van der Waals surface area contributed by atoms with Gasteiger partial charge in [0.05, 0.1) is 0 Å². The standard InChI is InChI=1S/C41H25BN2O/c1-41(2)29-18-7-5-13-24(29)34-27-16-9-15-26-33-23-12-4-3-11-22(23)21-31-35(33)42(44(36(26)27)40(34)41)30-19-10-17-28-37(30)43(31)38-25-14-6-8-20-32(25)45-39(28)38/h3-5,7,9-21,38-39H,1-2H3. The van der Waals surface area contributed by atoms with Gasteiger partial charge in [-0.1, -0.05) is 110 Å². The molecule has 0 bridgehead atoms. The summed E-state index contributed by atoms with van der Waals surface area (Å²) in [7, 11) is 0. The number of benzene rings is 5. The molecule has 0 radical (unpaired) electrons. The molecular weight excluding hydrogens is 547 g/mol. The number of anilines is 2. The Hall–Kier alpha value is -5.40. The first-order chi connectivity index (χ1) is 22.1. The molecule has 45 heavy (non-hydrogen) atoms. The molecule has 5 aromatic carbocycles. The molecule has 0 saturated heterocycles. The molecule has 2 atom stereocenters. The molecule has 1 aromatic heterocycles. The van der Waals surface area contributed by atoms with Gasteiger partial charge in [-0.2, -0.15) is 0 Å². The molecular formula is C41H25BN2O. The maximum Gasteiger partial charge on any atom is 0.332 e. The van der Waals surface area contributed by atoms with Gasteiger partial charge >= 0.3 is 6.85 Å². The number of allylic oxidation sites excluding steroid dienone is 1. The van der Waals surface area contributed by atoms with Gasteiger partial charge in [0.1, 0.15) is 11.8 Å². The Bertz CT molecular complexity index is 2600. The number of ether oxygens (including phenoxy) is 1. The van der Waals surface area contributed by atoms with Crippen molar-refractivity contribution >= 4 is 50.8 Å². The highest BCUT2D eigenvalue weighted by molar-refractivity contribution is 6.90. The van der Waals surface area contributed by atoms with Crippen molar-refractivity contribution < 1.29 is 4.74 Å². The van der Waals surface area contributed by atoms with Crippen LogP contribution in [-0.4, -0.2) is 17.4 Å². The molecule has 0 spiro atoms. The number of fused-ring (bicyclic) bond motifs is 15. The number of hydrogen-bond donors (Lipinski definition) is 0. The van der Waals surface area contributed by atoms with Crippen LogP contribution in [0.3, 0.4) is 0 Å². The molecule has 6 aromatic rings. The molecule has 12 rings (SSSR count). The molecule has 4 aliphatic heterocycles. The monoisotopic (exact) mass is 572 g/mol. The van der Waals surface area contributed by atoms with Gasteiger partial charge in [-0.3, -0.25) is 0 Å². The fourth-order valence-corrected chi connectivity index (χ4v) is 9.93. The lowest BCUT2D eigenvalue weighted by Crippen LogP contribution is -2.58. The average molecular weight is 572 g/mol. The zero-order chi connectivity index (χ0) is 29.3. The van der Waals surface area contributed by atoms with E-state index in [0.29, 0.717) is 0 Å². The summed E-state index contributed by atoms with van der Waals surface area (Å²) in [5.74, 6) is 0.923. The first kappa shape index (κ1) is 23.0. The summed E-state index contributed by atoms with van der Waals surface area (Å²) in [6.45, 7) is 4.89. The molecule has 2 aliphatic carbocycles. The molecule has 3 nitrogen and oxygen atoms in total. The Morgan fingerprint density at radius 2 is 1.60 bits per heavy atom. The van der Waals surface area contributed by atoms with Gasteiger partial charge in [0, 0.05) is 61.7 Å². The SMILES string of the molecule is CC1(C)c2ccccc2-c2c1n1c3c(cccc23)-c2c3c(cc4ccccc24)N2c4c(cccc4C4OC5=C(C=C=C=C5)C42)B31. The maximum atomic E-state index is 6.74. The summed E-state index contributed by atoms with van der Waals surface area (Å²) in [5.41, 5.74) is 23.8. The van der Waals surface area contributed by atoms with Crippen molar-refractivity contribution in [2.24, 2.45) is 0 Å². The Balaban J connectivity index is 1.28. The minimum absolute atomic E-state index is 0.0505. The van der Waals surface area contributed by atoms with Crippen molar-refractivity contribution in [1.29, 1.82) is 0 Å². The first-order valence-corrected chi connectivity index (χ1v) is 16.0. The van der Waals surface area contributed by atoms with Crippen LogP contribution in [0.2, 0.25) is 0 Å². The van der Waals surface area contributed by atoms with E-state index in [1.54, 1.807) is 0 Å². The average Bonchev–Trinajstić information content (AvgIpc) is 3.78. The van der Waals surface area contributed by atoms with Gasteiger partial charge in [-0.05, 0) is 50.5 Å². The van der Waals surface area contributed by atoms with E-state index in [0.717, 1.165) is 5.76 Å². The molecule has 2 unspecified atom stereocenters. The number of para-hydroxylation sites is 2. The molecule has 0 amide bonds. The Kier molecular flexibility index (Phi) is 3.73. The molecule has 208 valence electrons. The van der Waals surface area contributed by atoms with E-state index < -0.39 is 0 Å². The van der Waals surface area contributed by atoms with Gasteiger partial charge in [-0.25, -0.2) is 0 Å². The third-order valence-corrected chi connectivity index (χ3v) is 11.5. The number of nitrogens with zero attached hydrogens (tertiary/aromatic N) is 2. The topological polar surface area (TPSA) is 17.4 Å². The summed E-state index contributed by atoms with van der Waals surface area (Å²) in [6, 6.07) is 34.5. The van der Waals surface area contributed by atoms with Crippen molar-refractivity contribution in [3.63, 3.8) is 0 Å². The Labute approximate surface area is 260 Å². The highest BCUT2D eigenvalue weighted by Gasteiger charge is 2.55. The predicted octanol–water partition coefficient (Wildman–Crippen LogP) is 7.77. The van der Waals surface area contributed by atoms with Crippen molar-refractivity contribution in [2.75, 3.05) is 4.90 Å². The van der Waals surface area contributed by atoms with Gasteiger partial charge in [0.25, 0.3) is 0 Å². The van der Waals surface area contributed by atoms with E-state index in [4.69, 9.17) is 4.74 Å². The second-order valence-corrected chi connectivity index (χ2v) is 13.8. The van der Waals surface area contributed by atoms with Gasteiger partial charge in [-0.15, -0.1) is 0 Å². The minimum Gasteiger partial charge on any atom is -0.482 e. The van der Waals surface area contributed by atoms with E-state index in [2.05, 4.69) is 132 Å². The third-order valence-electron chi connectivity index (χ3n) is 11.5. The van der Waals surface area contributed by atoms with Crippen LogP contribution in [0.25, 0.3) is 43.9 Å². The van der Waals surface area contributed by atoms with Gasteiger partial charge in [0.2, 0.25) is 0 Å². The second-order valence-electron chi connectivity index (χ2n) is 13.8. The van der Waals surface area contributed by atoms with Crippen LogP contribution in [0, 0.1) is 0 Å². The number of aromatic nitrogens is 1. The van der Waals surface area contributed by atoms with E-state index in [1.807, 2.05) is 6.08 Å². The second kappa shape index (κ2) is 7.28. The highest BCUT2D eigenvalue weighted by atomic mass is 16.5. The van der Waals surface area contributed by atoms with Gasteiger partial charge in [0.15, 0.2) is 6.10 Å². The lowest BCUT2D eigenvalue weighted by atomic mass is 9.44. The van der Waals surface area contributed by atoms with Gasteiger partial charge < -0.3 is 14.1 Å².